The maximum atomic E-state index is 12.6. The highest BCUT2D eigenvalue weighted by atomic mass is 16.4. The second-order valence-corrected chi connectivity index (χ2v) is 8.58. The predicted molar refractivity (Wildman–Crippen MR) is 77.4 cm³/mol. The van der Waals surface area contributed by atoms with Crippen LogP contribution in [0.4, 0.5) is 0 Å². The smallest absolute Gasteiger partial charge is 0.307 e. The number of carbonyl (C=O) groups excluding carboxylic acids is 1. The van der Waals surface area contributed by atoms with Crippen molar-refractivity contribution in [3.8, 4) is 0 Å². The van der Waals surface area contributed by atoms with Gasteiger partial charge in [0.25, 0.3) is 0 Å². The van der Waals surface area contributed by atoms with Gasteiger partial charge in [-0.25, -0.2) is 0 Å². The molecule has 0 saturated heterocycles. The van der Waals surface area contributed by atoms with E-state index < -0.39 is 11.9 Å². The molecule has 0 aromatic carbocycles. The highest BCUT2D eigenvalue weighted by Crippen LogP contribution is 2.59. The zero-order valence-corrected chi connectivity index (χ0v) is 12.8. The molecule has 0 unspecified atom stereocenters. The van der Waals surface area contributed by atoms with E-state index in [4.69, 9.17) is 0 Å². The Labute approximate surface area is 125 Å². The molecule has 5 aliphatic rings. The molecule has 21 heavy (non-hydrogen) atoms. The number of hydrogen-bond donors (Lipinski definition) is 2. The van der Waals surface area contributed by atoms with Crippen LogP contribution in [-0.4, -0.2) is 23.0 Å². The van der Waals surface area contributed by atoms with E-state index in [0.29, 0.717) is 17.9 Å². The Morgan fingerprint density at radius 2 is 1.48 bits per heavy atom. The van der Waals surface area contributed by atoms with Gasteiger partial charge >= 0.3 is 5.97 Å². The summed E-state index contributed by atoms with van der Waals surface area (Å²) < 4.78 is 0. The van der Waals surface area contributed by atoms with Crippen LogP contribution in [0.2, 0.25) is 0 Å². The van der Waals surface area contributed by atoms with Crippen LogP contribution in [0.25, 0.3) is 0 Å². The molecule has 0 aromatic heterocycles. The largest absolute Gasteiger partial charge is 0.481 e. The van der Waals surface area contributed by atoms with Gasteiger partial charge in [-0.15, -0.1) is 0 Å². The fraction of sp³-hybridized carbons (Fsp3) is 0.882. The summed E-state index contributed by atoms with van der Waals surface area (Å²) in [6.07, 6.45) is 6.50. The molecule has 2 N–H and O–H groups in total. The first-order chi connectivity index (χ1) is 9.88. The number of amides is 1. The lowest BCUT2D eigenvalue weighted by atomic mass is 9.54. The van der Waals surface area contributed by atoms with Gasteiger partial charge in [0.15, 0.2) is 0 Å². The van der Waals surface area contributed by atoms with Gasteiger partial charge in [-0.1, -0.05) is 13.8 Å². The Morgan fingerprint density at radius 1 is 0.952 bits per heavy atom. The van der Waals surface area contributed by atoms with Crippen LogP contribution >= 0.6 is 0 Å². The summed E-state index contributed by atoms with van der Waals surface area (Å²) in [5, 5.41) is 12.5. The van der Waals surface area contributed by atoms with Crippen molar-refractivity contribution in [3.05, 3.63) is 0 Å². The minimum atomic E-state index is -0.828. The number of rotatable bonds is 3. The van der Waals surface area contributed by atoms with Crippen LogP contribution < -0.4 is 5.32 Å². The molecule has 1 amide bonds. The van der Waals surface area contributed by atoms with Crippen molar-refractivity contribution < 1.29 is 14.7 Å². The highest BCUT2D eigenvalue weighted by Gasteiger charge is 2.66. The van der Waals surface area contributed by atoms with Crippen LogP contribution in [0, 0.1) is 40.9 Å². The molecule has 5 saturated carbocycles. The molecule has 4 heteroatoms. The third-order valence-electron chi connectivity index (χ3n) is 6.91. The highest BCUT2D eigenvalue weighted by molar-refractivity contribution is 5.91. The topological polar surface area (TPSA) is 66.4 Å². The Kier molecular flexibility index (Phi) is 2.74. The maximum Gasteiger partial charge on any atom is 0.307 e. The molecule has 5 aliphatic carbocycles. The van der Waals surface area contributed by atoms with Crippen molar-refractivity contribution in [2.24, 2.45) is 40.9 Å². The Balaban J connectivity index is 1.45. The lowest BCUT2D eigenvalue weighted by Gasteiger charge is -2.54. The van der Waals surface area contributed by atoms with Crippen LogP contribution in [-0.2, 0) is 9.59 Å². The van der Waals surface area contributed by atoms with Crippen molar-refractivity contribution in [2.75, 3.05) is 0 Å². The zero-order valence-electron chi connectivity index (χ0n) is 12.8. The summed E-state index contributed by atoms with van der Waals surface area (Å²) in [7, 11) is 0. The van der Waals surface area contributed by atoms with Crippen molar-refractivity contribution >= 4 is 11.9 Å². The quantitative estimate of drug-likeness (QED) is 0.838. The van der Waals surface area contributed by atoms with Crippen molar-refractivity contribution in [1.29, 1.82) is 0 Å². The molecular formula is C17H25NO3. The van der Waals surface area contributed by atoms with Gasteiger partial charge in [-0.2, -0.15) is 0 Å². The van der Waals surface area contributed by atoms with Crippen molar-refractivity contribution in [3.63, 3.8) is 0 Å². The molecule has 0 aromatic rings. The van der Waals surface area contributed by atoms with Gasteiger partial charge in [0.05, 0.1) is 11.8 Å². The third-order valence-corrected chi connectivity index (χ3v) is 6.91. The molecule has 116 valence electrons. The maximum absolute atomic E-state index is 12.6. The molecule has 0 radical (unpaired) electrons. The number of carboxylic acids is 1. The number of nitrogens with one attached hydrogen (secondary N) is 1. The van der Waals surface area contributed by atoms with E-state index in [9.17, 15) is 14.7 Å². The van der Waals surface area contributed by atoms with E-state index >= 15 is 0 Å². The van der Waals surface area contributed by atoms with Crippen LogP contribution in [0.1, 0.15) is 46.0 Å². The molecular weight excluding hydrogens is 266 g/mol. The summed E-state index contributed by atoms with van der Waals surface area (Å²) in [4.78, 5) is 23.8. The van der Waals surface area contributed by atoms with E-state index in [-0.39, 0.29) is 17.2 Å². The van der Waals surface area contributed by atoms with Gasteiger partial charge < -0.3 is 10.4 Å². The number of aliphatic carboxylic acids is 1. The molecule has 0 aliphatic heterocycles. The van der Waals surface area contributed by atoms with Gasteiger partial charge in [-0.3, -0.25) is 9.59 Å². The lowest BCUT2D eigenvalue weighted by Crippen LogP contribution is -2.56. The zero-order chi connectivity index (χ0) is 14.9. The third kappa shape index (κ3) is 1.94. The minimum absolute atomic E-state index is 0.00938. The first kappa shape index (κ1) is 13.6. The van der Waals surface area contributed by atoms with E-state index in [1.165, 1.54) is 32.1 Å². The minimum Gasteiger partial charge on any atom is -0.481 e. The predicted octanol–water partition coefficient (Wildman–Crippen LogP) is 2.28. The molecule has 5 rings (SSSR count). The number of carbonyl (C=O) groups is 2. The molecule has 0 spiro atoms. The molecule has 5 fully saturated rings. The van der Waals surface area contributed by atoms with Crippen LogP contribution in [0.5, 0.6) is 0 Å². The second-order valence-electron chi connectivity index (χ2n) is 8.58. The monoisotopic (exact) mass is 291 g/mol. The fourth-order valence-electron chi connectivity index (χ4n) is 6.00. The summed E-state index contributed by atoms with van der Waals surface area (Å²) in [6.45, 7) is 3.79. The lowest BCUT2D eigenvalue weighted by molar-refractivity contribution is -0.140. The standard InChI is InChI=1S/C17H25NO3/c1-17(2)12(13(17)16(20)21)15(19)18-14-10-4-8-3-9(6-10)7-11(14)5-8/h8-14H,3-7H2,1-2H3,(H,18,19)(H,20,21)/t8?,9?,10?,11?,12-,13+,14?/m1/s1. The van der Waals surface area contributed by atoms with Crippen molar-refractivity contribution in [2.45, 2.75) is 52.0 Å². The normalized spacial score (nSPS) is 49.0. The Bertz CT molecular complexity index is 470. The molecule has 4 nitrogen and oxygen atoms in total. The van der Waals surface area contributed by atoms with Crippen molar-refractivity contribution in [1.82, 2.24) is 5.32 Å². The molecule has 0 heterocycles. The van der Waals surface area contributed by atoms with E-state index in [0.717, 1.165) is 11.8 Å². The van der Waals surface area contributed by atoms with Gasteiger partial charge in [0.2, 0.25) is 5.91 Å². The number of carboxylic acid groups (broad SMARTS) is 1. The number of hydrogen-bond acceptors (Lipinski definition) is 2. The SMILES string of the molecule is CC1(C)[C@H](C(=O)O)[C@@H]1C(=O)NC1C2CC3CC(C2)CC1C3. The van der Waals surface area contributed by atoms with Gasteiger partial charge in [0.1, 0.15) is 0 Å². The average Bonchev–Trinajstić information content (AvgIpc) is 2.96. The first-order valence-electron chi connectivity index (χ1n) is 8.41. The molecule has 4 bridgehead atoms. The fourth-order valence-corrected chi connectivity index (χ4v) is 6.00. The van der Waals surface area contributed by atoms with E-state index in [2.05, 4.69) is 5.32 Å². The molecule has 2 atom stereocenters. The van der Waals surface area contributed by atoms with Gasteiger partial charge in [-0.05, 0) is 61.2 Å². The van der Waals surface area contributed by atoms with E-state index in [1.54, 1.807) is 0 Å². The van der Waals surface area contributed by atoms with Crippen LogP contribution in [0.3, 0.4) is 0 Å². The summed E-state index contributed by atoms with van der Waals surface area (Å²) in [5.41, 5.74) is -0.387. The average molecular weight is 291 g/mol. The first-order valence-corrected chi connectivity index (χ1v) is 8.41. The Morgan fingerprint density at radius 3 is 1.90 bits per heavy atom. The summed E-state index contributed by atoms with van der Waals surface area (Å²) >= 11 is 0. The van der Waals surface area contributed by atoms with E-state index in [1.807, 2.05) is 13.8 Å². The van der Waals surface area contributed by atoms with Gasteiger partial charge in [0, 0.05) is 6.04 Å². The van der Waals surface area contributed by atoms with Crippen LogP contribution in [0.15, 0.2) is 0 Å². The Hall–Kier alpha value is -1.06. The summed E-state index contributed by atoms with van der Waals surface area (Å²) in [6, 6.07) is 0.316. The second kappa shape index (κ2) is 4.23. The summed E-state index contributed by atoms with van der Waals surface area (Å²) in [5.74, 6) is 1.40.